The van der Waals surface area contributed by atoms with Crippen LogP contribution in [0.5, 0.6) is 0 Å². The minimum absolute atomic E-state index is 0.822. The Labute approximate surface area is 75.2 Å². The van der Waals surface area contributed by atoms with E-state index in [1.165, 1.54) is 7.11 Å². The first-order valence-electron chi connectivity index (χ1n) is 2.95. The third kappa shape index (κ3) is 2.75. The van der Waals surface area contributed by atoms with Crippen molar-refractivity contribution in [3.8, 4) is 0 Å². The highest BCUT2D eigenvalue weighted by molar-refractivity contribution is 7.86. The molecule has 2 atom stereocenters. The van der Waals surface area contributed by atoms with Crippen LogP contribution in [0.15, 0.2) is 0 Å². The summed E-state index contributed by atoms with van der Waals surface area (Å²) in [5.74, 6) is -2.19. The number of carbonyl (C=O) groups is 1. The largest absolute Gasteiger partial charge is 0.467 e. The summed E-state index contributed by atoms with van der Waals surface area (Å²) < 4.78 is 24.5. The fraction of sp³-hybridized carbons (Fsp3) is 0.800. The molecular weight excluding hydrogens is 206 g/mol. The summed E-state index contributed by atoms with van der Waals surface area (Å²) in [4.78, 5) is 10.9. The molecule has 0 aromatic heterocycles. The van der Waals surface area contributed by atoms with Crippen LogP contribution in [0.2, 0.25) is 0 Å². The van der Waals surface area contributed by atoms with Gasteiger partial charge in [0.2, 0.25) is 5.85 Å². The molecule has 0 saturated heterocycles. The molecule has 0 aliphatic heterocycles. The van der Waals surface area contributed by atoms with Gasteiger partial charge in [0.15, 0.2) is 0 Å². The van der Waals surface area contributed by atoms with Crippen LogP contribution in [-0.4, -0.2) is 33.1 Å². The molecule has 0 heterocycles. The van der Waals surface area contributed by atoms with Gasteiger partial charge < -0.3 is 14.0 Å². The smallest absolute Gasteiger partial charge is 0.346 e. The molecule has 0 fully saturated rings. The molecule has 5 nitrogen and oxygen atoms in total. The van der Waals surface area contributed by atoms with Crippen LogP contribution in [-0.2, 0) is 23.4 Å². The van der Waals surface area contributed by atoms with Gasteiger partial charge in [-0.15, -0.1) is 0 Å². The lowest BCUT2D eigenvalue weighted by Crippen LogP contribution is -2.23. The monoisotopic (exact) mass is 216 g/mol. The van der Waals surface area contributed by atoms with Gasteiger partial charge in [0, 0.05) is 14.2 Å². The summed E-state index contributed by atoms with van der Waals surface area (Å²) in [6.45, 7) is -3.58. The minimum Gasteiger partial charge on any atom is -0.467 e. The van der Waals surface area contributed by atoms with E-state index in [1.54, 1.807) is 0 Å². The molecular formula is C5H10ClO5P. The lowest BCUT2D eigenvalue weighted by Gasteiger charge is -2.16. The van der Waals surface area contributed by atoms with E-state index >= 15 is 0 Å². The molecule has 2 unspecified atom stereocenters. The Morgan fingerprint density at radius 3 is 2.17 bits per heavy atom. The average Bonchev–Trinajstić information content (AvgIpc) is 2.05. The van der Waals surface area contributed by atoms with Crippen molar-refractivity contribution in [1.82, 2.24) is 0 Å². The molecule has 0 N–H and O–H groups in total. The Kier molecular flexibility index (Phi) is 4.78. The molecule has 0 radical (unpaired) electrons. The molecule has 0 amide bonds. The van der Waals surface area contributed by atoms with E-state index in [0.717, 1.165) is 14.2 Å². The molecule has 0 spiro atoms. The quantitative estimate of drug-likeness (QED) is 0.522. The zero-order valence-electron chi connectivity index (χ0n) is 6.94. The van der Waals surface area contributed by atoms with Gasteiger partial charge in [-0.3, -0.25) is 4.57 Å². The highest BCUT2D eigenvalue weighted by Gasteiger charge is 2.38. The Balaban J connectivity index is 4.55. The van der Waals surface area contributed by atoms with Crippen LogP contribution >= 0.6 is 18.0 Å². The van der Waals surface area contributed by atoms with E-state index in [9.17, 15) is 9.36 Å². The van der Waals surface area contributed by atoms with Gasteiger partial charge in [0.25, 0.3) is 0 Å². The molecule has 0 aliphatic rings. The zero-order valence-corrected chi connectivity index (χ0v) is 8.59. The van der Waals surface area contributed by atoms with E-state index in [-0.39, 0.29) is 0 Å². The standard InChI is InChI=1S/C5H10ClO5P/c1-9-4(7)5(10-2)12(6,8)11-3/h5H,1-3H3. The molecule has 0 saturated carbocycles. The molecule has 0 aromatic rings. The number of methoxy groups -OCH3 is 2. The number of hydrogen-bond acceptors (Lipinski definition) is 5. The number of ether oxygens (including phenoxy) is 2. The molecule has 0 rings (SSSR count). The third-order valence-corrected chi connectivity index (χ3v) is 3.58. The van der Waals surface area contributed by atoms with Crippen LogP contribution in [0, 0.1) is 0 Å². The summed E-state index contributed by atoms with van der Waals surface area (Å²) in [7, 11) is 3.46. The molecule has 0 aliphatic carbocycles. The Hall–Kier alpha value is -0.0900. The number of rotatable bonds is 4. The SMILES string of the molecule is COC(=O)C(OC)P(=O)(Cl)OC. The first kappa shape index (κ1) is 11.9. The van der Waals surface area contributed by atoms with Crippen molar-refractivity contribution in [2.24, 2.45) is 0 Å². The fourth-order valence-electron chi connectivity index (χ4n) is 0.545. The Morgan fingerprint density at radius 2 is 1.92 bits per heavy atom. The topological polar surface area (TPSA) is 61.8 Å². The van der Waals surface area contributed by atoms with Crippen molar-refractivity contribution < 1.29 is 23.4 Å². The van der Waals surface area contributed by atoms with Crippen molar-refractivity contribution in [2.75, 3.05) is 21.3 Å². The maximum Gasteiger partial charge on any atom is 0.346 e. The molecule has 12 heavy (non-hydrogen) atoms. The Morgan fingerprint density at radius 1 is 1.42 bits per heavy atom. The summed E-state index contributed by atoms with van der Waals surface area (Å²) in [6.07, 6.45) is 0. The van der Waals surface area contributed by atoms with Gasteiger partial charge in [-0.1, -0.05) is 0 Å². The zero-order chi connectivity index (χ0) is 9.78. The number of carbonyl (C=O) groups excluding carboxylic acids is 1. The second-order valence-corrected chi connectivity index (χ2v) is 5.10. The summed E-state index contributed by atoms with van der Waals surface area (Å²) in [5.41, 5.74) is 0. The average molecular weight is 217 g/mol. The number of halogens is 1. The predicted molar refractivity (Wildman–Crippen MR) is 43.3 cm³/mol. The summed E-state index contributed by atoms with van der Waals surface area (Å²) in [6, 6.07) is 0. The normalized spacial score (nSPS) is 18.0. The minimum atomic E-state index is -3.58. The van der Waals surface area contributed by atoms with Crippen molar-refractivity contribution in [3.05, 3.63) is 0 Å². The summed E-state index contributed by atoms with van der Waals surface area (Å²) >= 11 is 5.37. The number of hydrogen-bond donors (Lipinski definition) is 0. The van der Waals surface area contributed by atoms with Crippen LogP contribution in [0.25, 0.3) is 0 Å². The maximum absolute atomic E-state index is 11.2. The third-order valence-electron chi connectivity index (χ3n) is 1.16. The molecule has 0 aromatic carbocycles. The van der Waals surface area contributed by atoms with Gasteiger partial charge in [0.1, 0.15) is 0 Å². The van der Waals surface area contributed by atoms with Gasteiger partial charge >= 0.3 is 12.7 Å². The van der Waals surface area contributed by atoms with Crippen molar-refractivity contribution in [1.29, 1.82) is 0 Å². The molecule has 7 heteroatoms. The van der Waals surface area contributed by atoms with E-state index in [0.29, 0.717) is 0 Å². The highest BCUT2D eigenvalue weighted by atomic mass is 35.7. The Bertz CT molecular complexity index is 206. The maximum atomic E-state index is 11.2. The highest BCUT2D eigenvalue weighted by Crippen LogP contribution is 2.56. The van der Waals surface area contributed by atoms with Crippen molar-refractivity contribution >= 4 is 23.9 Å². The van der Waals surface area contributed by atoms with E-state index in [1.807, 2.05) is 0 Å². The summed E-state index contributed by atoms with van der Waals surface area (Å²) in [5, 5.41) is 0. The molecule has 72 valence electrons. The van der Waals surface area contributed by atoms with Crippen LogP contribution in [0.1, 0.15) is 0 Å². The van der Waals surface area contributed by atoms with Crippen molar-refractivity contribution in [2.45, 2.75) is 5.85 Å². The predicted octanol–water partition coefficient (Wildman–Crippen LogP) is 1.21. The first-order chi connectivity index (χ1) is 5.49. The first-order valence-corrected chi connectivity index (χ1v) is 5.55. The number of esters is 1. The van der Waals surface area contributed by atoms with Crippen LogP contribution < -0.4 is 0 Å². The van der Waals surface area contributed by atoms with E-state index in [2.05, 4.69) is 14.0 Å². The lowest BCUT2D eigenvalue weighted by atomic mass is 10.7. The van der Waals surface area contributed by atoms with E-state index in [4.69, 9.17) is 11.2 Å². The molecule has 0 bridgehead atoms. The van der Waals surface area contributed by atoms with Gasteiger partial charge in [-0.2, -0.15) is 0 Å². The second-order valence-electron chi connectivity index (χ2n) is 1.81. The fourth-order valence-corrected chi connectivity index (χ4v) is 1.82. The van der Waals surface area contributed by atoms with Gasteiger partial charge in [-0.25, -0.2) is 4.79 Å². The van der Waals surface area contributed by atoms with Crippen LogP contribution in [0.4, 0.5) is 0 Å². The van der Waals surface area contributed by atoms with Crippen LogP contribution in [0.3, 0.4) is 0 Å². The van der Waals surface area contributed by atoms with Gasteiger partial charge in [-0.05, 0) is 11.2 Å². The second kappa shape index (κ2) is 4.82. The van der Waals surface area contributed by atoms with Crippen molar-refractivity contribution in [3.63, 3.8) is 0 Å². The van der Waals surface area contributed by atoms with E-state index < -0.39 is 18.5 Å². The van der Waals surface area contributed by atoms with Gasteiger partial charge in [0.05, 0.1) is 7.11 Å². The lowest BCUT2D eigenvalue weighted by molar-refractivity contribution is -0.147.